The lowest BCUT2D eigenvalue weighted by molar-refractivity contribution is 0.0940. The van der Waals surface area contributed by atoms with Gasteiger partial charge >= 0.3 is 0 Å². The molecule has 2 aromatic carbocycles. The molecule has 6 rings (SSSR count). The van der Waals surface area contributed by atoms with Crippen molar-refractivity contribution in [1.29, 1.82) is 0 Å². The molecular formula is C31H27FN6OS. The van der Waals surface area contributed by atoms with E-state index in [9.17, 15) is 9.18 Å². The molecule has 0 bridgehead atoms. The highest BCUT2D eigenvalue weighted by molar-refractivity contribution is 7.15. The first-order valence-electron chi connectivity index (χ1n) is 12.9. The predicted octanol–water partition coefficient (Wildman–Crippen LogP) is 6.80. The first kappa shape index (κ1) is 25.6. The summed E-state index contributed by atoms with van der Waals surface area (Å²) in [6.45, 7) is 4.39. The summed E-state index contributed by atoms with van der Waals surface area (Å²) in [6, 6.07) is 19.8. The van der Waals surface area contributed by atoms with E-state index < -0.39 is 0 Å². The van der Waals surface area contributed by atoms with E-state index in [-0.39, 0.29) is 17.8 Å². The highest BCUT2D eigenvalue weighted by Gasteiger charge is 2.16. The molecule has 0 fully saturated rings. The number of aromatic nitrogens is 4. The number of hydrogen-bond donors (Lipinski definition) is 2. The van der Waals surface area contributed by atoms with Gasteiger partial charge in [0.1, 0.15) is 23.0 Å². The third-order valence-corrected chi connectivity index (χ3v) is 8.20. The Morgan fingerprint density at radius 2 is 1.88 bits per heavy atom. The van der Waals surface area contributed by atoms with E-state index in [0.717, 1.165) is 48.6 Å². The van der Waals surface area contributed by atoms with Crippen molar-refractivity contribution < 1.29 is 9.18 Å². The summed E-state index contributed by atoms with van der Waals surface area (Å²) in [5.74, 6) is 0.899. The molecular weight excluding hydrogens is 523 g/mol. The molecule has 2 N–H and O–H groups in total. The number of amides is 1. The number of benzene rings is 2. The number of carbonyl (C=O) groups excluding carboxylic acids is 1. The predicted molar refractivity (Wildman–Crippen MR) is 158 cm³/mol. The Morgan fingerprint density at radius 3 is 2.70 bits per heavy atom. The topological polar surface area (TPSA) is 84.7 Å². The van der Waals surface area contributed by atoms with Gasteiger partial charge in [0, 0.05) is 28.4 Å². The van der Waals surface area contributed by atoms with Gasteiger partial charge in [-0.2, -0.15) is 0 Å². The van der Waals surface area contributed by atoms with Crippen LogP contribution >= 0.6 is 11.3 Å². The second-order valence-electron chi connectivity index (χ2n) is 9.71. The van der Waals surface area contributed by atoms with Gasteiger partial charge in [0.2, 0.25) is 0 Å². The van der Waals surface area contributed by atoms with Gasteiger partial charge in [-0.15, -0.1) is 11.3 Å². The quantitative estimate of drug-likeness (QED) is 0.229. The lowest BCUT2D eigenvalue weighted by atomic mass is 10.1. The van der Waals surface area contributed by atoms with E-state index >= 15 is 0 Å². The number of halogens is 1. The van der Waals surface area contributed by atoms with Crippen LogP contribution in [0.1, 0.15) is 39.6 Å². The minimum Gasteiger partial charge on any atom is -0.365 e. The molecule has 200 valence electrons. The smallest absolute Gasteiger partial charge is 0.255 e. The van der Waals surface area contributed by atoms with Crippen LogP contribution in [0, 0.1) is 12.7 Å². The number of pyridine rings is 2. The summed E-state index contributed by atoms with van der Waals surface area (Å²) in [6.07, 6.45) is 3.49. The van der Waals surface area contributed by atoms with Crippen molar-refractivity contribution in [2.24, 2.45) is 7.05 Å². The van der Waals surface area contributed by atoms with Crippen molar-refractivity contribution in [1.82, 2.24) is 24.8 Å². The average molecular weight is 551 g/mol. The summed E-state index contributed by atoms with van der Waals surface area (Å²) in [4.78, 5) is 28.9. The minimum atomic E-state index is -0.309. The third kappa shape index (κ3) is 4.91. The van der Waals surface area contributed by atoms with Crippen molar-refractivity contribution >= 4 is 45.0 Å². The number of imidazole rings is 1. The van der Waals surface area contributed by atoms with E-state index in [4.69, 9.17) is 0 Å². The Morgan fingerprint density at radius 1 is 1.05 bits per heavy atom. The highest BCUT2D eigenvalue weighted by Crippen LogP contribution is 2.33. The number of hydrogen-bond acceptors (Lipinski definition) is 6. The van der Waals surface area contributed by atoms with Crippen molar-refractivity contribution in [3.63, 3.8) is 0 Å². The van der Waals surface area contributed by atoms with E-state index in [2.05, 4.69) is 60.5 Å². The van der Waals surface area contributed by atoms with E-state index in [0.29, 0.717) is 17.9 Å². The normalized spacial score (nSPS) is 12.1. The zero-order valence-electron chi connectivity index (χ0n) is 22.3. The summed E-state index contributed by atoms with van der Waals surface area (Å²) < 4.78 is 15.4. The van der Waals surface area contributed by atoms with Gasteiger partial charge in [-0.1, -0.05) is 18.2 Å². The van der Waals surface area contributed by atoms with Crippen LogP contribution in [0.15, 0.2) is 79.1 Å². The first-order chi connectivity index (χ1) is 19.4. The van der Waals surface area contributed by atoms with Crippen molar-refractivity contribution in [2.45, 2.75) is 26.4 Å². The Balaban J connectivity index is 1.19. The van der Waals surface area contributed by atoms with Crippen LogP contribution in [0.3, 0.4) is 0 Å². The molecule has 7 nitrogen and oxygen atoms in total. The highest BCUT2D eigenvalue weighted by atomic mass is 32.1. The van der Waals surface area contributed by atoms with Gasteiger partial charge < -0.3 is 15.2 Å². The molecule has 0 saturated carbocycles. The first-order valence-corrected chi connectivity index (χ1v) is 13.7. The number of fused-ring (bicyclic) bond motifs is 3. The van der Waals surface area contributed by atoms with Gasteiger partial charge in [-0.3, -0.25) is 9.78 Å². The molecule has 9 heteroatoms. The van der Waals surface area contributed by atoms with Crippen LogP contribution in [0.2, 0.25) is 0 Å². The molecule has 0 aliphatic heterocycles. The lowest BCUT2D eigenvalue weighted by Crippen LogP contribution is -2.27. The monoisotopic (exact) mass is 550 g/mol. The molecule has 1 amide bonds. The maximum atomic E-state index is 13.3. The van der Waals surface area contributed by atoms with Crippen LogP contribution in [-0.2, 0) is 13.6 Å². The molecule has 0 radical (unpaired) electrons. The second-order valence-corrected chi connectivity index (χ2v) is 10.9. The number of nitrogens with one attached hydrogen (secondary N) is 2. The van der Waals surface area contributed by atoms with Gasteiger partial charge in [0.25, 0.3) is 5.91 Å². The zero-order chi connectivity index (χ0) is 27.8. The van der Waals surface area contributed by atoms with E-state index in [1.54, 1.807) is 41.8 Å². The number of nitrogens with zero attached hydrogens (tertiary/aromatic N) is 4. The number of carbonyl (C=O) groups is 1. The maximum absolute atomic E-state index is 13.3. The molecule has 4 aromatic heterocycles. The minimum absolute atomic E-state index is 0.249. The van der Waals surface area contributed by atoms with Crippen LogP contribution < -0.4 is 10.6 Å². The fourth-order valence-corrected chi connectivity index (χ4v) is 5.75. The largest absolute Gasteiger partial charge is 0.365 e. The fourth-order valence-electron chi connectivity index (χ4n) is 4.80. The Hall–Kier alpha value is -4.63. The molecule has 1 unspecified atom stereocenters. The molecule has 6 aromatic rings. The van der Waals surface area contributed by atoms with Crippen LogP contribution in [-0.4, -0.2) is 25.4 Å². The molecule has 1 atom stereocenters. The number of anilines is 1. The van der Waals surface area contributed by atoms with Gasteiger partial charge in [0.05, 0.1) is 35.4 Å². The summed E-state index contributed by atoms with van der Waals surface area (Å²) in [5, 5.41) is 7.38. The molecule has 4 heterocycles. The Labute approximate surface area is 234 Å². The molecule has 0 saturated heterocycles. The van der Waals surface area contributed by atoms with Crippen LogP contribution in [0.4, 0.5) is 10.2 Å². The van der Waals surface area contributed by atoms with Crippen LogP contribution in [0.5, 0.6) is 0 Å². The van der Waals surface area contributed by atoms with Crippen LogP contribution in [0.25, 0.3) is 32.4 Å². The summed E-state index contributed by atoms with van der Waals surface area (Å²) in [5.41, 5.74) is 5.30. The third-order valence-electron chi connectivity index (χ3n) is 7.07. The van der Waals surface area contributed by atoms with E-state index in [1.165, 1.54) is 12.1 Å². The van der Waals surface area contributed by atoms with Gasteiger partial charge in [0.15, 0.2) is 0 Å². The Kier molecular flexibility index (Phi) is 6.73. The molecule has 0 aliphatic carbocycles. The molecule has 0 spiro atoms. The molecule has 0 aliphatic rings. The number of aryl methyl sites for hydroxylation is 2. The summed E-state index contributed by atoms with van der Waals surface area (Å²) in [7, 11) is 2.03. The fraction of sp³-hybridized carbons (Fsp3) is 0.161. The van der Waals surface area contributed by atoms with Gasteiger partial charge in [-0.25, -0.2) is 14.4 Å². The van der Waals surface area contributed by atoms with E-state index in [1.807, 2.05) is 27.1 Å². The number of rotatable bonds is 7. The van der Waals surface area contributed by atoms with Crippen molar-refractivity contribution in [2.75, 3.05) is 5.32 Å². The summed E-state index contributed by atoms with van der Waals surface area (Å²) >= 11 is 1.69. The van der Waals surface area contributed by atoms with Crippen molar-refractivity contribution in [3.8, 4) is 10.4 Å². The molecule has 40 heavy (non-hydrogen) atoms. The second kappa shape index (κ2) is 10.5. The number of thiophene rings is 1. The standard InChI is InChI=1S/C31H27FN6OS/c1-18(20-6-9-22(32)10-7-20)36-31(39)24-5-4-14-33-30(24)35-16-23-11-13-28(40-23)21-8-12-26-25(15-21)29-27(17-34-26)37-19(2)38(29)3/h4-15,17-18H,16H2,1-3H3,(H,33,35)(H,36,39). The van der Waals surface area contributed by atoms with Gasteiger partial charge in [-0.05, 0) is 73.5 Å². The van der Waals surface area contributed by atoms with Crippen molar-refractivity contribution in [3.05, 3.63) is 107 Å². The lowest BCUT2D eigenvalue weighted by Gasteiger charge is -2.16. The average Bonchev–Trinajstić information content (AvgIpc) is 3.56. The Bertz CT molecular complexity index is 1860. The SMILES string of the molecule is Cc1nc2cnc3ccc(-c4ccc(CNc5ncccc5C(=O)NC(C)c5ccc(F)cc5)s4)cc3c2n1C. The zero-order valence-corrected chi connectivity index (χ0v) is 23.1. The maximum Gasteiger partial charge on any atom is 0.255 e.